The number of hydrogen-bond donors (Lipinski definition) is 4. The van der Waals surface area contributed by atoms with E-state index in [0.717, 1.165) is 11.0 Å². The van der Waals surface area contributed by atoms with Gasteiger partial charge in [0.2, 0.25) is 0 Å². The number of rotatable bonds is 9. The molecule has 14 heteroatoms. The van der Waals surface area contributed by atoms with Crippen molar-refractivity contribution >= 4 is 56.0 Å². The van der Waals surface area contributed by atoms with E-state index in [-0.39, 0.29) is 34.6 Å². The van der Waals surface area contributed by atoms with Crippen molar-refractivity contribution in [3.63, 3.8) is 0 Å². The maximum absolute atomic E-state index is 15.3. The number of primary amides is 1. The van der Waals surface area contributed by atoms with Crippen molar-refractivity contribution in [3.8, 4) is 0 Å². The second-order valence-electron chi connectivity index (χ2n) is 9.34. The molecule has 2 aromatic heterocycles. The number of carbonyl (C=O) groups is 1. The summed E-state index contributed by atoms with van der Waals surface area (Å²) in [7, 11) is -2.75. The number of amides is 1. The number of anilines is 3. The molecule has 0 bridgehead atoms. The molecular formula is C24H25F2IN6O4S. The molecule has 202 valence electrons. The highest BCUT2D eigenvalue weighted by molar-refractivity contribution is 14.1. The normalized spacial score (nSPS) is 14.6. The Bertz CT molecular complexity index is 1590. The lowest BCUT2D eigenvalue weighted by atomic mass is 9.80. The Kier molecular flexibility index (Phi) is 7.76. The molecule has 1 aliphatic carbocycles. The molecule has 1 aliphatic rings. The van der Waals surface area contributed by atoms with Crippen molar-refractivity contribution in [1.29, 1.82) is 0 Å². The van der Waals surface area contributed by atoms with E-state index in [1.807, 2.05) is 22.6 Å². The molecule has 1 aromatic carbocycles. The Balaban J connectivity index is 1.65. The second kappa shape index (κ2) is 10.6. The van der Waals surface area contributed by atoms with Crippen molar-refractivity contribution in [2.24, 2.45) is 12.8 Å². The average Bonchev–Trinajstić information content (AvgIpc) is 2.81. The van der Waals surface area contributed by atoms with Crippen LogP contribution in [0, 0.1) is 15.2 Å². The van der Waals surface area contributed by atoms with Crippen LogP contribution in [0.5, 0.6) is 0 Å². The topological polar surface area (TPSA) is 148 Å². The minimum Gasteiger partial charge on any atom is -0.365 e. The van der Waals surface area contributed by atoms with E-state index in [2.05, 4.69) is 19.7 Å². The van der Waals surface area contributed by atoms with Gasteiger partial charge in [-0.25, -0.2) is 13.8 Å². The quantitative estimate of drug-likeness (QED) is 0.260. The van der Waals surface area contributed by atoms with Gasteiger partial charge < -0.3 is 11.1 Å². The van der Waals surface area contributed by atoms with Crippen molar-refractivity contribution in [2.75, 3.05) is 10.0 Å². The van der Waals surface area contributed by atoms with Crippen LogP contribution in [0.2, 0.25) is 0 Å². The van der Waals surface area contributed by atoms with Crippen LogP contribution >= 0.6 is 22.6 Å². The number of nitrogens with one attached hydrogen (secondary N) is 3. The van der Waals surface area contributed by atoms with Crippen LogP contribution in [-0.4, -0.2) is 29.4 Å². The lowest BCUT2D eigenvalue weighted by Gasteiger charge is -2.38. The molecule has 0 radical (unpaired) electrons. The maximum Gasteiger partial charge on any atom is 0.300 e. The largest absolute Gasteiger partial charge is 0.365 e. The number of hydrogen-bond acceptors (Lipinski definition) is 6. The summed E-state index contributed by atoms with van der Waals surface area (Å²) in [4.78, 5) is 29.2. The van der Waals surface area contributed by atoms with E-state index < -0.39 is 44.7 Å². The molecule has 0 atom stereocenters. The number of aromatic nitrogens is 2. The molecule has 10 nitrogen and oxygen atoms in total. The third-order valence-corrected chi connectivity index (χ3v) is 8.25. The van der Waals surface area contributed by atoms with Crippen molar-refractivity contribution < 1.29 is 22.0 Å². The summed E-state index contributed by atoms with van der Waals surface area (Å²) in [6.45, 7) is 1.76. The van der Waals surface area contributed by atoms with E-state index >= 15 is 4.39 Å². The predicted molar refractivity (Wildman–Crippen MR) is 148 cm³/mol. The fraction of sp³-hybridized carbons (Fsp3) is 0.292. The highest BCUT2D eigenvalue weighted by atomic mass is 127. The van der Waals surface area contributed by atoms with Gasteiger partial charge in [-0.3, -0.25) is 18.9 Å². The van der Waals surface area contributed by atoms with Gasteiger partial charge in [-0.1, -0.05) is 0 Å². The molecule has 2 heterocycles. The molecule has 0 aliphatic heterocycles. The number of halogens is 3. The molecule has 5 N–H and O–H groups in total. The minimum absolute atomic E-state index is 0.00828. The van der Waals surface area contributed by atoms with Crippen LogP contribution in [0.4, 0.5) is 26.1 Å². The lowest BCUT2D eigenvalue weighted by molar-refractivity contribution is 0.100. The Labute approximate surface area is 231 Å². The molecule has 1 saturated carbocycles. The Morgan fingerprint density at radius 1 is 1.21 bits per heavy atom. The number of nitrogens with zero attached hydrogens (tertiary/aromatic N) is 2. The first-order chi connectivity index (χ1) is 17.8. The highest BCUT2D eigenvalue weighted by Crippen LogP contribution is 2.32. The summed E-state index contributed by atoms with van der Waals surface area (Å²) < 4.78 is 61.1. The maximum atomic E-state index is 15.3. The van der Waals surface area contributed by atoms with E-state index in [9.17, 15) is 22.4 Å². The summed E-state index contributed by atoms with van der Waals surface area (Å²) in [5.74, 6) is -3.03. The standard InChI is InChI=1S/C24H25F2IN6O4S/c1-24(7-3-8-24)32-38(36,37)31-21-19(26)13(6-9-29-21)10-14-11-16(20(28)34)22(33(2)23(14)35)30-18-5-4-15(27)12-17(18)25/h4-6,9,11-12,30,32H,3,7-8,10H2,1-2H3,(H2,28,34)(H,29,31). The van der Waals surface area contributed by atoms with Gasteiger partial charge in [0.1, 0.15) is 11.6 Å². The first-order valence-corrected chi connectivity index (χ1v) is 14.0. The fourth-order valence-corrected chi connectivity index (χ4v) is 5.92. The van der Waals surface area contributed by atoms with Gasteiger partial charge in [-0.15, -0.1) is 0 Å². The van der Waals surface area contributed by atoms with Gasteiger partial charge in [0.25, 0.3) is 11.5 Å². The van der Waals surface area contributed by atoms with Crippen LogP contribution in [-0.2, 0) is 23.7 Å². The molecule has 1 fully saturated rings. The average molecular weight is 658 g/mol. The highest BCUT2D eigenvalue weighted by Gasteiger charge is 2.36. The number of nitrogens with two attached hydrogens (primary N) is 1. The number of carbonyl (C=O) groups excluding carboxylic acids is 1. The van der Waals surface area contributed by atoms with E-state index in [4.69, 9.17) is 5.73 Å². The summed E-state index contributed by atoms with van der Waals surface area (Å²) in [6.07, 6.45) is 3.12. The molecule has 3 aromatic rings. The Morgan fingerprint density at radius 3 is 2.53 bits per heavy atom. The summed E-state index contributed by atoms with van der Waals surface area (Å²) >= 11 is 1.95. The van der Waals surface area contributed by atoms with Gasteiger partial charge in [-0.05, 0) is 84.7 Å². The number of benzene rings is 1. The monoisotopic (exact) mass is 658 g/mol. The fourth-order valence-electron chi connectivity index (χ4n) is 4.17. The minimum atomic E-state index is -4.11. The summed E-state index contributed by atoms with van der Waals surface area (Å²) in [5, 5.41) is 2.74. The molecule has 0 spiro atoms. The first-order valence-electron chi connectivity index (χ1n) is 11.5. The zero-order valence-electron chi connectivity index (χ0n) is 20.4. The molecule has 0 unspecified atom stereocenters. The first kappa shape index (κ1) is 27.9. The second-order valence-corrected chi connectivity index (χ2v) is 12.0. The third kappa shape index (κ3) is 5.96. The lowest BCUT2D eigenvalue weighted by Crippen LogP contribution is -2.52. The van der Waals surface area contributed by atoms with Crippen LogP contribution in [0.3, 0.4) is 0 Å². The van der Waals surface area contributed by atoms with E-state index in [0.29, 0.717) is 16.4 Å². The van der Waals surface area contributed by atoms with Crippen molar-refractivity contribution in [3.05, 3.63) is 78.8 Å². The molecule has 0 saturated heterocycles. The molecule has 4 rings (SSSR count). The van der Waals surface area contributed by atoms with Crippen LogP contribution in [0.1, 0.15) is 47.7 Å². The van der Waals surface area contributed by atoms with Gasteiger partial charge in [-0.2, -0.15) is 13.1 Å². The van der Waals surface area contributed by atoms with Crippen LogP contribution in [0.15, 0.2) is 41.3 Å². The van der Waals surface area contributed by atoms with E-state index in [1.54, 1.807) is 13.0 Å². The smallest absolute Gasteiger partial charge is 0.300 e. The molecule has 38 heavy (non-hydrogen) atoms. The van der Waals surface area contributed by atoms with Gasteiger partial charge in [0.05, 0.1) is 11.3 Å². The zero-order chi connectivity index (χ0) is 27.8. The summed E-state index contributed by atoms with van der Waals surface area (Å²) in [6, 6.07) is 6.88. The predicted octanol–water partition coefficient (Wildman–Crippen LogP) is 3.29. The Morgan fingerprint density at radius 2 is 1.92 bits per heavy atom. The SMILES string of the molecule is Cn1c(Nc2ccc(I)cc2F)c(C(N)=O)cc(Cc2ccnc(NS(=O)(=O)NC3(C)CCC3)c2F)c1=O. The van der Waals surface area contributed by atoms with Crippen LogP contribution < -0.4 is 26.1 Å². The van der Waals surface area contributed by atoms with Gasteiger partial charge >= 0.3 is 10.2 Å². The van der Waals surface area contributed by atoms with Crippen molar-refractivity contribution in [2.45, 2.75) is 38.1 Å². The van der Waals surface area contributed by atoms with Gasteiger partial charge in [0, 0.05) is 34.3 Å². The van der Waals surface area contributed by atoms with E-state index in [1.165, 1.54) is 37.5 Å². The zero-order valence-corrected chi connectivity index (χ0v) is 23.4. The number of pyridine rings is 2. The van der Waals surface area contributed by atoms with Crippen LogP contribution in [0.25, 0.3) is 0 Å². The van der Waals surface area contributed by atoms with Gasteiger partial charge in [0.15, 0.2) is 11.6 Å². The molecular weight excluding hydrogens is 633 g/mol. The van der Waals surface area contributed by atoms with Crippen molar-refractivity contribution in [1.82, 2.24) is 14.3 Å². The molecule has 1 amide bonds. The Hall–Kier alpha value is -3.11. The third-order valence-electron chi connectivity index (χ3n) is 6.36. The summed E-state index contributed by atoms with van der Waals surface area (Å²) in [5.41, 5.74) is 4.22.